The van der Waals surface area contributed by atoms with Gasteiger partial charge >= 0.3 is 6.09 Å². The Kier molecular flexibility index (Phi) is 10.9. The molecule has 2 amide bonds. The van der Waals surface area contributed by atoms with Crippen molar-refractivity contribution < 1.29 is 23.8 Å². The fraction of sp³-hybridized carbons (Fsp3) is 0.630. The molecule has 2 aromatic rings. The van der Waals surface area contributed by atoms with E-state index in [-0.39, 0.29) is 31.2 Å². The van der Waals surface area contributed by atoms with Crippen LogP contribution in [0.4, 0.5) is 4.79 Å². The lowest BCUT2D eigenvalue weighted by Gasteiger charge is -2.38. The van der Waals surface area contributed by atoms with E-state index in [1.807, 2.05) is 27.7 Å². The molecule has 206 valence electrons. The normalized spacial score (nSPS) is 15.7. The molecule has 0 radical (unpaired) electrons. The molecule has 1 N–H and O–H groups in total. The molecule has 37 heavy (non-hydrogen) atoms. The van der Waals surface area contributed by atoms with Crippen molar-refractivity contribution in [2.24, 2.45) is 0 Å². The van der Waals surface area contributed by atoms with Crippen LogP contribution < -0.4 is 10.1 Å². The summed E-state index contributed by atoms with van der Waals surface area (Å²) in [5.41, 5.74) is 1.26. The van der Waals surface area contributed by atoms with Gasteiger partial charge in [-0.3, -0.25) is 4.79 Å². The second-order valence-corrected chi connectivity index (χ2v) is 10.2. The Labute approximate surface area is 224 Å². The third kappa shape index (κ3) is 7.09. The van der Waals surface area contributed by atoms with Crippen LogP contribution in [0.25, 0.3) is 10.9 Å². The molecule has 3 rings (SSSR count). The van der Waals surface area contributed by atoms with Gasteiger partial charge in [-0.2, -0.15) is 0 Å². The van der Waals surface area contributed by atoms with Gasteiger partial charge in [-0.1, -0.05) is 23.7 Å². The number of rotatable bonds is 12. The number of amides is 2. The largest absolute Gasteiger partial charge is 0.488 e. The number of hydrogen-bond donors (Lipinski definition) is 1. The van der Waals surface area contributed by atoms with Crippen LogP contribution in [0.2, 0.25) is 5.02 Å². The first-order valence-electron chi connectivity index (χ1n) is 13.1. The summed E-state index contributed by atoms with van der Waals surface area (Å²) in [5, 5.41) is 4.63. The van der Waals surface area contributed by atoms with Crippen molar-refractivity contribution in [3.05, 3.63) is 28.9 Å². The van der Waals surface area contributed by atoms with E-state index in [1.54, 1.807) is 21.2 Å². The third-order valence-electron chi connectivity index (χ3n) is 6.55. The van der Waals surface area contributed by atoms with E-state index in [0.717, 1.165) is 49.7 Å². The number of aromatic nitrogens is 1. The lowest BCUT2D eigenvalue weighted by atomic mass is 10.0. The number of carbonyl (C=O) groups excluding carboxylic acids is 2. The van der Waals surface area contributed by atoms with Gasteiger partial charge in [0.1, 0.15) is 24.7 Å². The molecule has 1 aliphatic heterocycles. The van der Waals surface area contributed by atoms with E-state index in [9.17, 15) is 9.59 Å². The number of carbonyl (C=O) groups is 2. The molecule has 1 atom stereocenters. The highest BCUT2D eigenvalue weighted by atomic mass is 35.5. The summed E-state index contributed by atoms with van der Waals surface area (Å²) >= 11 is 6.96. The summed E-state index contributed by atoms with van der Waals surface area (Å²) in [5.74, 6) is 0.532. The van der Waals surface area contributed by atoms with E-state index in [1.165, 1.54) is 4.90 Å². The quantitative estimate of drug-likeness (QED) is 0.405. The van der Waals surface area contributed by atoms with Crippen molar-refractivity contribution in [2.75, 3.05) is 54.1 Å². The van der Waals surface area contributed by atoms with Crippen LogP contribution in [0.5, 0.6) is 5.75 Å². The molecule has 9 nitrogen and oxygen atoms in total. The number of methoxy groups -OCH3 is 1. The second kappa shape index (κ2) is 13.9. The van der Waals surface area contributed by atoms with Crippen LogP contribution in [-0.4, -0.2) is 92.6 Å². The number of unbranched alkanes of at least 4 members (excludes halogenated alkanes) is 1. The fourth-order valence-corrected chi connectivity index (χ4v) is 5.16. The first kappa shape index (κ1) is 29.1. The van der Waals surface area contributed by atoms with Crippen LogP contribution in [0, 0.1) is 0 Å². The van der Waals surface area contributed by atoms with Crippen LogP contribution >= 0.6 is 11.6 Å². The smallest absolute Gasteiger partial charge is 0.409 e. The SMILES string of the molecule is COCCCCn1c(C(=O)N(C(C)C)[C@@H]2CCCNC2)c(Cl)c2cccc(OCCOC(=O)N(C)C)c21. The molecule has 1 aromatic carbocycles. The van der Waals surface area contributed by atoms with Crippen molar-refractivity contribution in [3.63, 3.8) is 0 Å². The zero-order chi connectivity index (χ0) is 26.9. The Morgan fingerprint density at radius 2 is 1.97 bits per heavy atom. The van der Waals surface area contributed by atoms with Crippen molar-refractivity contribution >= 4 is 34.5 Å². The Morgan fingerprint density at radius 3 is 2.62 bits per heavy atom. The molecule has 0 unspecified atom stereocenters. The highest BCUT2D eigenvalue weighted by Gasteiger charge is 2.33. The Balaban J connectivity index is 1.98. The summed E-state index contributed by atoms with van der Waals surface area (Å²) < 4.78 is 18.5. The maximum atomic E-state index is 14.2. The number of nitrogens with zero attached hydrogens (tertiary/aromatic N) is 3. The van der Waals surface area contributed by atoms with Gasteiger partial charge in [0, 0.05) is 58.4 Å². The van der Waals surface area contributed by atoms with E-state index in [2.05, 4.69) is 19.2 Å². The predicted molar refractivity (Wildman–Crippen MR) is 146 cm³/mol. The number of ether oxygens (including phenoxy) is 3. The van der Waals surface area contributed by atoms with E-state index in [0.29, 0.717) is 29.6 Å². The number of piperidine rings is 1. The fourth-order valence-electron chi connectivity index (χ4n) is 4.83. The van der Waals surface area contributed by atoms with Gasteiger partial charge in [-0.05, 0) is 52.1 Å². The van der Waals surface area contributed by atoms with Crippen molar-refractivity contribution in [2.45, 2.75) is 58.2 Å². The predicted octanol–water partition coefficient (Wildman–Crippen LogP) is 4.40. The maximum Gasteiger partial charge on any atom is 0.409 e. The zero-order valence-electron chi connectivity index (χ0n) is 22.7. The Hall–Kier alpha value is -2.49. The van der Waals surface area contributed by atoms with Gasteiger partial charge in [0.25, 0.3) is 5.91 Å². The van der Waals surface area contributed by atoms with Crippen LogP contribution in [-0.2, 0) is 16.0 Å². The average molecular weight is 537 g/mol. The topological polar surface area (TPSA) is 85.3 Å². The highest BCUT2D eigenvalue weighted by molar-refractivity contribution is 6.39. The zero-order valence-corrected chi connectivity index (χ0v) is 23.5. The average Bonchev–Trinajstić information content (AvgIpc) is 3.16. The summed E-state index contributed by atoms with van der Waals surface area (Å²) in [6.07, 6.45) is 3.24. The summed E-state index contributed by atoms with van der Waals surface area (Å²) in [4.78, 5) is 29.2. The van der Waals surface area contributed by atoms with E-state index in [4.69, 9.17) is 25.8 Å². The second-order valence-electron chi connectivity index (χ2n) is 9.83. The molecule has 2 heterocycles. The number of aryl methyl sites for hydroxylation is 1. The molecule has 1 fully saturated rings. The van der Waals surface area contributed by atoms with Crippen LogP contribution in [0.3, 0.4) is 0 Å². The van der Waals surface area contributed by atoms with Gasteiger partial charge in [0.2, 0.25) is 0 Å². The summed E-state index contributed by atoms with van der Waals surface area (Å²) in [7, 11) is 4.94. The molecule has 1 saturated heterocycles. The lowest BCUT2D eigenvalue weighted by molar-refractivity contribution is 0.0562. The molecule has 0 bridgehead atoms. The van der Waals surface area contributed by atoms with E-state index >= 15 is 0 Å². The molecule has 0 aliphatic carbocycles. The monoisotopic (exact) mass is 536 g/mol. The molecule has 0 saturated carbocycles. The van der Waals surface area contributed by atoms with Gasteiger partial charge < -0.3 is 33.9 Å². The highest BCUT2D eigenvalue weighted by Crippen LogP contribution is 2.38. The number of halogens is 1. The molecular formula is C27H41ClN4O5. The number of para-hydroxylation sites is 1. The van der Waals surface area contributed by atoms with Crippen LogP contribution in [0.1, 0.15) is 50.0 Å². The molecule has 10 heteroatoms. The standard InChI is InChI=1S/C27H41ClN4O5/c1-19(2)32(20-10-9-13-29-18-20)26(33)25-23(28)21-11-8-12-22(36-16-17-37-27(34)30(3)4)24(21)31(25)14-6-7-15-35-5/h8,11-12,19-20,29H,6-7,9-10,13-18H2,1-5H3/t20-/m1/s1. The van der Waals surface area contributed by atoms with Gasteiger partial charge in [0.15, 0.2) is 0 Å². The number of nitrogens with one attached hydrogen (secondary N) is 1. The summed E-state index contributed by atoms with van der Waals surface area (Å²) in [6.45, 7) is 7.38. The van der Waals surface area contributed by atoms with Crippen molar-refractivity contribution in [1.82, 2.24) is 19.7 Å². The number of hydrogen-bond acceptors (Lipinski definition) is 6. The number of benzene rings is 1. The Bertz CT molecular complexity index is 1050. The van der Waals surface area contributed by atoms with Crippen molar-refractivity contribution in [3.8, 4) is 5.75 Å². The molecule has 1 aliphatic rings. The first-order chi connectivity index (χ1) is 17.8. The maximum absolute atomic E-state index is 14.2. The minimum absolute atomic E-state index is 0.0236. The van der Waals surface area contributed by atoms with E-state index < -0.39 is 6.09 Å². The first-order valence-corrected chi connectivity index (χ1v) is 13.5. The minimum atomic E-state index is -0.426. The Morgan fingerprint density at radius 1 is 1.19 bits per heavy atom. The summed E-state index contributed by atoms with van der Waals surface area (Å²) in [6, 6.07) is 5.78. The van der Waals surface area contributed by atoms with Crippen LogP contribution in [0.15, 0.2) is 18.2 Å². The van der Waals surface area contributed by atoms with Gasteiger partial charge in [0.05, 0.1) is 10.5 Å². The molecular weight excluding hydrogens is 496 g/mol. The van der Waals surface area contributed by atoms with Gasteiger partial charge in [-0.15, -0.1) is 0 Å². The molecule has 0 spiro atoms. The molecule has 1 aromatic heterocycles. The van der Waals surface area contributed by atoms with Gasteiger partial charge in [-0.25, -0.2) is 4.79 Å². The lowest BCUT2D eigenvalue weighted by Crippen LogP contribution is -2.52. The number of fused-ring (bicyclic) bond motifs is 1. The minimum Gasteiger partial charge on any atom is -0.488 e. The van der Waals surface area contributed by atoms with Crippen molar-refractivity contribution in [1.29, 1.82) is 0 Å². The third-order valence-corrected chi connectivity index (χ3v) is 6.94.